The summed E-state index contributed by atoms with van der Waals surface area (Å²) in [4.78, 5) is 10.6. The van der Waals surface area contributed by atoms with E-state index in [2.05, 4.69) is 11.2 Å². The molecule has 2 rings (SSSR count). The van der Waals surface area contributed by atoms with E-state index in [-0.39, 0.29) is 63.8 Å². The summed E-state index contributed by atoms with van der Waals surface area (Å²) >= 11 is 0. The van der Waals surface area contributed by atoms with Gasteiger partial charge in [0.05, 0.1) is 0 Å². The van der Waals surface area contributed by atoms with Crippen LogP contribution in [-0.2, 0) is 0 Å². The third-order valence-electron chi connectivity index (χ3n) is 1.57. The Morgan fingerprint density at radius 3 is 3.08 bits per heavy atom. The number of hydrogen-bond acceptors (Lipinski definition) is 2. The molecule has 60 valence electrons. The standard InChI is InChI=1S/C8H5N2O2.Rb/c11-8(12)6-5-9-10-4-2-1-3-7(6)10;/h1-2,4-5H,(H,11,12);/q-1;+1. The Morgan fingerprint density at radius 1 is 1.62 bits per heavy atom. The molecular weight excluding hydrogens is 242 g/mol. The maximum atomic E-state index is 10.6. The van der Waals surface area contributed by atoms with E-state index >= 15 is 0 Å². The number of carboxylic acid groups (broad SMARTS) is 1. The van der Waals surface area contributed by atoms with Gasteiger partial charge >= 0.3 is 58.2 Å². The van der Waals surface area contributed by atoms with Crippen LogP contribution in [0.3, 0.4) is 0 Å². The number of hydrogen-bond donors (Lipinski definition) is 1. The van der Waals surface area contributed by atoms with Gasteiger partial charge in [0.25, 0.3) is 5.97 Å². The van der Waals surface area contributed by atoms with Crippen molar-refractivity contribution >= 4 is 11.5 Å². The monoisotopic (exact) mass is 246 g/mol. The van der Waals surface area contributed by atoms with E-state index in [1.54, 1.807) is 18.3 Å². The van der Waals surface area contributed by atoms with Gasteiger partial charge in [0.15, 0.2) is 0 Å². The molecule has 0 spiro atoms. The second-order valence-electron chi connectivity index (χ2n) is 2.31. The van der Waals surface area contributed by atoms with E-state index in [0.29, 0.717) is 5.52 Å². The second-order valence-corrected chi connectivity index (χ2v) is 2.31. The molecule has 4 nitrogen and oxygen atoms in total. The van der Waals surface area contributed by atoms with Crippen LogP contribution in [0, 0.1) is 6.07 Å². The average molecular weight is 247 g/mol. The zero-order valence-corrected chi connectivity index (χ0v) is 12.0. The molecule has 0 bridgehead atoms. The van der Waals surface area contributed by atoms with Gasteiger partial charge in [0.2, 0.25) is 0 Å². The Bertz CT molecular complexity index is 438. The molecule has 5 heteroatoms. The van der Waals surface area contributed by atoms with Gasteiger partial charge < -0.3 is 5.11 Å². The van der Waals surface area contributed by atoms with Gasteiger partial charge in [-0.2, -0.15) is 17.2 Å². The smallest absolute Gasteiger partial charge is 0.487 e. The molecule has 0 saturated carbocycles. The van der Waals surface area contributed by atoms with Crippen molar-refractivity contribution in [2.75, 3.05) is 0 Å². The number of aromatic carboxylic acids is 1. The molecular formula is C8H5N2O2Rb. The molecule has 0 radical (unpaired) electrons. The van der Waals surface area contributed by atoms with Crippen molar-refractivity contribution in [3.63, 3.8) is 0 Å². The van der Waals surface area contributed by atoms with Gasteiger partial charge in [-0.15, -0.1) is 6.07 Å². The van der Waals surface area contributed by atoms with Gasteiger partial charge in [0.1, 0.15) is 0 Å². The number of aromatic nitrogens is 2. The number of rotatable bonds is 1. The van der Waals surface area contributed by atoms with Gasteiger partial charge in [-0.05, 0) is 11.7 Å². The summed E-state index contributed by atoms with van der Waals surface area (Å²) in [6.07, 6.45) is 2.99. The fraction of sp³-hybridized carbons (Fsp3) is 0. The summed E-state index contributed by atoms with van der Waals surface area (Å²) in [6.45, 7) is 0. The van der Waals surface area contributed by atoms with Crippen molar-refractivity contribution in [1.29, 1.82) is 0 Å². The summed E-state index contributed by atoms with van der Waals surface area (Å²) in [6, 6.07) is 6.20. The fourth-order valence-corrected chi connectivity index (χ4v) is 1.03. The van der Waals surface area contributed by atoms with Gasteiger partial charge in [-0.25, -0.2) is 0 Å². The molecule has 0 unspecified atom stereocenters. The summed E-state index contributed by atoms with van der Waals surface area (Å²) in [5.41, 5.74) is 0.667. The summed E-state index contributed by atoms with van der Waals surface area (Å²) in [7, 11) is 0. The number of carbonyl (C=O) groups is 1. The maximum Gasteiger partial charge on any atom is 1.00 e. The van der Waals surface area contributed by atoms with Crippen LogP contribution in [0.2, 0.25) is 0 Å². The van der Waals surface area contributed by atoms with Crippen molar-refractivity contribution in [1.82, 2.24) is 9.61 Å². The van der Waals surface area contributed by atoms with E-state index in [4.69, 9.17) is 5.11 Å². The largest absolute Gasteiger partial charge is 1.00 e. The van der Waals surface area contributed by atoms with E-state index in [1.165, 1.54) is 10.7 Å². The van der Waals surface area contributed by atoms with Gasteiger partial charge in [-0.3, -0.25) is 9.31 Å². The van der Waals surface area contributed by atoms with Crippen molar-refractivity contribution < 1.29 is 68.1 Å². The minimum atomic E-state index is -0.979. The Balaban J connectivity index is 0.000000845. The average Bonchev–Trinajstić information content (AvgIpc) is 2.47. The molecule has 2 aromatic rings. The van der Waals surface area contributed by atoms with Crippen LogP contribution in [0.5, 0.6) is 0 Å². The molecule has 0 saturated heterocycles. The van der Waals surface area contributed by atoms with E-state index < -0.39 is 5.97 Å². The zero-order valence-electron chi connectivity index (χ0n) is 7.06. The Hall–Kier alpha value is -0.0348. The predicted molar refractivity (Wildman–Crippen MR) is 41.0 cm³/mol. The van der Waals surface area contributed by atoms with E-state index in [1.807, 2.05) is 0 Å². The minimum Gasteiger partial charge on any atom is -0.487 e. The van der Waals surface area contributed by atoms with Gasteiger partial charge in [0, 0.05) is 11.8 Å². The molecule has 0 aliphatic carbocycles. The van der Waals surface area contributed by atoms with Crippen molar-refractivity contribution in [3.8, 4) is 0 Å². The molecule has 1 N–H and O–H groups in total. The number of carboxylic acids is 1. The van der Waals surface area contributed by atoms with Gasteiger partial charge in [-0.1, -0.05) is 0 Å². The topological polar surface area (TPSA) is 54.6 Å². The maximum absolute atomic E-state index is 10.6. The Kier molecular flexibility index (Phi) is 3.79. The predicted octanol–water partition coefficient (Wildman–Crippen LogP) is -2.16. The van der Waals surface area contributed by atoms with Crippen LogP contribution in [0.1, 0.15) is 10.4 Å². The molecule has 0 amide bonds. The third kappa shape index (κ3) is 2.07. The number of pyridine rings is 1. The van der Waals surface area contributed by atoms with Crippen LogP contribution in [0.25, 0.3) is 5.52 Å². The summed E-state index contributed by atoms with van der Waals surface area (Å²) in [5.74, 6) is -0.979. The van der Waals surface area contributed by atoms with E-state index in [9.17, 15) is 4.79 Å². The number of nitrogens with zero attached hydrogens (tertiary/aromatic N) is 2. The second kappa shape index (κ2) is 4.46. The molecule has 0 aliphatic heterocycles. The Morgan fingerprint density at radius 2 is 2.38 bits per heavy atom. The first-order chi connectivity index (χ1) is 5.79. The molecule has 13 heavy (non-hydrogen) atoms. The molecule has 0 aromatic carbocycles. The first-order valence-electron chi connectivity index (χ1n) is 3.36. The summed E-state index contributed by atoms with van der Waals surface area (Å²) in [5, 5.41) is 12.5. The SMILES string of the molecule is O=C(O)c1cnn2ccc[c-]c12.[Rb+]. The van der Waals surface area contributed by atoms with Crippen molar-refractivity contribution in [2.45, 2.75) is 0 Å². The van der Waals surface area contributed by atoms with Crippen molar-refractivity contribution in [3.05, 3.63) is 36.2 Å². The first kappa shape index (κ1) is 11.0. The minimum absolute atomic E-state index is 0. The van der Waals surface area contributed by atoms with Crippen LogP contribution < -0.4 is 58.2 Å². The molecule has 2 heterocycles. The molecule has 2 aromatic heterocycles. The normalized spacial score (nSPS) is 9.54. The van der Waals surface area contributed by atoms with Crippen LogP contribution in [0.15, 0.2) is 24.5 Å². The first-order valence-corrected chi connectivity index (χ1v) is 3.36. The van der Waals surface area contributed by atoms with Crippen LogP contribution in [0.4, 0.5) is 0 Å². The van der Waals surface area contributed by atoms with E-state index in [0.717, 1.165) is 0 Å². The third-order valence-corrected chi connectivity index (χ3v) is 1.57. The van der Waals surface area contributed by atoms with Crippen LogP contribution in [-0.4, -0.2) is 20.7 Å². The number of fused-ring (bicyclic) bond motifs is 1. The Labute approximate surface area is 123 Å². The molecule has 0 atom stereocenters. The quantitative estimate of drug-likeness (QED) is 0.583. The van der Waals surface area contributed by atoms with Crippen LogP contribution >= 0.6 is 0 Å². The van der Waals surface area contributed by atoms with Crippen molar-refractivity contribution in [2.24, 2.45) is 0 Å². The summed E-state index contributed by atoms with van der Waals surface area (Å²) < 4.78 is 1.48. The molecule has 0 fully saturated rings. The fourth-order valence-electron chi connectivity index (χ4n) is 1.03. The molecule has 0 aliphatic rings. The zero-order chi connectivity index (χ0) is 8.55.